The van der Waals surface area contributed by atoms with Crippen LogP contribution in [0.5, 0.6) is 0 Å². The van der Waals surface area contributed by atoms with Crippen LogP contribution in [0.4, 0.5) is 24.7 Å². The van der Waals surface area contributed by atoms with Gasteiger partial charge in [0.25, 0.3) is 5.56 Å². The van der Waals surface area contributed by atoms with Crippen LogP contribution in [0.15, 0.2) is 35.4 Å². The maximum Gasteiger partial charge on any atom is 0.423 e. The van der Waals surface area contributed by atoms with E-state index in [-0.39, 0.29) is 36.9 Å². The normalized spacial score (nSPS) is 22.7. The van der Waals surface area contributed by atoms with Crippen molar-refractivity contribution in [3.05, 3.63) is 46.5 Å². The fourth-order valence-corrected chi connectivity index (χ4v) is 4.80. The van der Waals surface area contributed by atoms with Crippen molar-refractivity contribution in [1.29, 1.82) is 0 Å². The molecule has 0 aromatic carbocycles. The van der Waals surface area contributed by atoms with Crippen LogP contribution < -0.4 is 21.1 Å². The summed E-state index contributed by atoms with van der Waals surface area (Å²) >= 11 is 0. The maximum atomic E-state index is 13.4. The quantitative estimate of drug-likeness (QED) is 0.517. The second-order valence-corrected chi connectivity index (χ2v) is 8.94. The molecule has 1 saturated carbocycles. The number of hydrogen-bond donors (Lipinski definition) is 3. The number of nitrogens with one attached hydrogen (secondary N) is 3. The van der Waals surface area contributed by atoms with Crippen LogP contribution in [0.3, 0.4) is 0 Å². The average Bonchev–Trinajstić information content (AvgIpc) is 3.28. The molecule has 9 nitrogen and oxygen atoms in total. The molecule has 0 spiro atoms. The van der Waals surface area contributed by atoms with Crippen molar-refractivity contribution in [3.8, 4) is 0 Å². The van der Waals surface area contributed by atoms with E-state index in [2.05, 4.69) is 20.7 Å². The Balaban J connectivity index is 1.22. The van der Waals surface area contributed by atoms with Gasteiger partial charge in [0.05, 0.1) is 24.5 Å². The molecule has 1 aliphatic carbocycles. The van der Waals surface area contributed by atoms with Crippen LogP contribution in [-0.4, -0.2) is 59.0 Å². The van der Waals surface area contributed by atoms with E-state index in [9.17, 15) is 22.8 Å². The third-order valence-corrected chi connectivity index (χ3v) is 6.46. The first-order valence-corrected chi connectivity index (χ1v) is 11.8. The van der Waals surface area contributed by atoms with Gasteiger partial charge >= 0.3 is 6.18 Å². The number of ether oxygens (including phenoxy) is 1. The molecule has 0 bridgehead atoms. The summed E-state index contributed by atoms with van der Waals surface area (Å²) in [6, 6.07) is 5.71. The van der Waals surface area contributed by atoms with Gasteiger partial charge in [-0.1, -0.05) is 6.07 Å². The molecule has 1 saturated heterocycles. The number of hydrogen-bond acceptors (Lipinski definition) is 7. The molecule has 2 aromatic rings. The van der Waals surface area contributed by atoms with Gasteiger partial charge in [-0.15, -0.1) is 0 Å². The van der Waals surface area contributed by atoms with Crippen LogP contribution in [0.2, 0.25) is 0 Å². The third kappa shape index (κ3) is 6.50. The van der Waals surface area contributed by atoms with Crippen LogP contribution in [0.25, 0.3) is 0 Å². The van der Waals surface area contributed by atoms with E-state index < -0.39 is 17.3 Å². The molecule has 1 amide bonds. The Bertz CT molecular complexity index is 1040. The lowest BCUT2D eigenvalue weighted by atomic mass is 9.91. The highest BCUT2D eigenvalue weighted by molar-refractivity contribution is 5.77. The number of anilines is 2. The Morgan fingerprint density at radius 1 is 1.17 bits per heavy atom. The third-order valence-electron chi connectivity index (χ3n) is 6.46. The number of H-pyrrole nitrogens is 1. The zero-order valence-electron chi connectivity index (χ0n) is 19.2. The lowest BCUT2D eigenvalue weighted by Gasteiger charge is -2.30. The number of carbonyl (C=O) groups excluding carboxylic acids is 1. The van der Waals surface area contributed by atoms with E-state index in [4.69, 9.17) is 4.74 Å². The molecule has 190 valence electrons. The second-order valence-electron chi connectivity index (χ2n) is 8.94. The minimum Gasteiger partial charge on any atom is -0.370 e. The lowest BCUT2D eigenvalue weighted by Crippen LogP contribution is -2.42. The summed E-state index contributed by atoms with van der Waals surface area (Å²) in [5, 5.41) is 11.8. The lowest BCUT2D eigenvalue weighted by molar-refractivity contribution is -0.138. The molecular formula is C23H29F3N6O3. The molecule has 35 heavy (non-hydrogen) atoms. The van der Waals surface area contributed by atoms with Crippen LogP contribution in [-0.2, 0) is 15.7 Å². The molecule has 0 radical (unpaired) electrons. The fourth-order valence-electron chi connectivity index (χ4n) is 4.80. The molecule has 3 heterocycles. The Hall–Kier alpha value is -3.15. The van der Waals surface area contributed by atoms with E-state index in [1.165, 1.54) is 4.90 Å². The van der Waals surface area contributed by atoms with Gasteiger partial charge in [-0.3, -0.25) is 9.59 Å². The van der Waals surface area contributed by atoms with Gasteiger partial charge in [-0.05, 0) is 50.7 Å². The van der Waals surface area contributed by atoms with Gasteiger partial charge in [0, 0.05) is 24.8 Å². The molecular weight excluding hydrogens is 465 g/mol. The first-order chi connectivity index (χ1) is 16.8. The summed E-state index contributed by atoms with van der Waals surface area (Å²) in [5.74, 6) is 0.595. The number of rotatable bonds is 8. The SMILES string of the molecule is O=C(COC[C@@H]1CCCN1c1cn[nH]c(=O)c1C(F)(F)F)N[C@H]1CC[C@@H](Nc2ccccn2)CC1. The fraction of sp³-hybridized carbons (Fsp3) is 0.565. The molecule has 1 aliphatic heterocycles. The highest BCUT2D eigenvalue weighted by Crippen LogP contribution is 2.36. The highest BCUT2D eigenvalue weighted by atomic mass is 19.4. The van der Waals surface area contributed by atoms with Crippen molar-refractivity contribution in [2.75, 3.05) is 30.0 Å². The van der Waals surface area contributed by atoms with Gasteiger partial charge in [-0.2, -0.15) is 18.3 Å². The summed E-state index contributed by atoms with van der Waals surface area (Å²) in [7, 11) is 0. The smallest absolute Gasteiger partial charge is 0.370 e. The largest absolute Gasteiger partial charge is 0.423 e. The number of aromatic nitrogens is 3. The minimum atomic E-state index is -4.80. The molecule has 1 atom stereocenters. The molecule has 0 unspecified atom stereocenters. The monoisotopic (exact) mass is 494 g/mol. The van der Waals surface area contributed by atoms with Crippen molar-refractivity contribution in [2.45, 2.75) is 62.8 Å². The maximum absolute atomic E-state index is 13.4. The topological polar surface area (TPSA) is 112 Å². The Morgan fingerprint density at radius 3 is 2.66 bits per heavy atom. The van der Waals surface area contributed by atoms with Gasteiger partial charge in [0.2, 0.25) is 5.91 Å². The zero-order valence-corrected chi connectivity index (χ0v) is 19.2. The van der Waals surface area contributed by atoms with E-state index in [1.54, 1.807) is 6.20 Å². The number of halogens is 3. The van der Waals surface area contributed by atoms with Crippen molar-refractivity contribution >= 4 is 17.4 Å². The van der Waals surface area contributed by atoms with Crippen molar-refractivity contribution in [2.24, 2.45) is 0 Å². The molecule has 2 aliphatic rings. The van der Waals surface area contributed by atoms with Crippen molar-refractivity contribution in [3.63, 3.8) is 0 Å². The minimum absolute atomic E-state index is 0.0623. The van der Waals surface area contributed by atoms with Crippen LogP contribution >= 0.6 is 0 Å². The number of aromatic amines is 1. The van der Waals surface area contributed by atoms with Gasteiger partial charge in [-0.25, -0.2) is 10.1 Å². The average molecular weight is 495 g/mol. The van der Waals surface area contributed by atoms with E-state index >= 15 is 0 Å². The Labute approximate surface area is 200 Å². The molecule has 2 aromatic heterocycles. The zero-order chi connectivity index (χ0) is 24.8. The van der Waals surface area contributed by atoms with Crippen LogP contribution in [0.1, 0.15) is 44.1 Å². The van der Waals surface area contributed by atoms with E-state index in [1.807, 2.05) is 23.3 Å². The summed E-state index contributed by atoms with van der Waals surface area (Å²) in [4.78, 5) is 29.9. The predicted molar refractivity (Wildman–Crippen MR) is 123 cm³/mol. The number of alkyl halides is 3. The molecule has 12 heteroatoms. The number of amides is 1. The van der Waals surface area contributed by atoms with Crippen molar-refractivity contribution < 1.29 is 22.7 Å². The molecule has 3 N–H and O–H groups in total. The van der Waals surface area contributed by atoms with Crippen LogP contribution in [0, 0.1) is 0 Å². The number of pyridine rings is 1. The van der Waals surface area contributed by atoms with Gasteiger partial charge in [0.15, 0.2) is 0 Å². The Morgan fingerprint density at radius 2 is 1.94 bits per heavy atom. The first-order valence-electron chi connectivity index (χ1n) is 11.8. The first kappa shape index (κ1) is 25.0. The highest BCUT2D eigenvalue weighted by Gasteiger charge is 2.40. The summed E-state index contributed by atoms with van der Waals surface area (Å²) < 4.78 is 45.9. The molecule has 2 fully saturated rings. The predicted octanol–water partition coefficient (Wildman–Crippen LogP) is 2.71. The van der Waals surface area contributed by atoms with Crippen molar-refractivity contribution in [1.82, 2.24) is 20.5 Å². The van der Waals surface area contributed by atoms with E-state index in [0.29, 0.717) is 25.4 Å². The standard InChI is InChI=1S/C23H29F3N6O3/c24-23(25,26)21-18(12-28-31-22(21)34)32-11-3-4-17(32)13-35-14-20(33)30-16-8-6-15(7-9-16)29-19-5-1-2-10-27-19/h1-2,5,10,12,15-17H,3-4,6-9,11,13-14H2,(H,27,29)(H,30,33)(H,31,34)/t15-,16+,17-/m0/s1. The Kier molecular flexibility index (Phi) is 7.89. The number of carbonyl (C=O) groups is 1. The summed E-state index contributed by atoms with van der Waals surface area (Å²) in [5.41, 5.74) is -2.79. The van der Waals surface area contributed by atoms with Gasteiger partial charge in [0.1, 0.15) is 18.0 Å². The van der Waals surface area contributed by atoms with E-state index in [0.717, 1.165) is 37.7 Å². The summed E-state index contributed by atoms with van der Waals surface area (Å²) in [6.45, 7) is 0.263. The summed E-state index contributed by atoms with van der Waals surface area (Å²) in [6.07, 6.45) is 2.70. The number of nitrogens with zero attached hydrogens (tertiary/aromatic N) is 3. The molecule has 4 rings (SSSR count). The second kappa shape index (κ2) is 11.1. The van der Waals surface area contributed by atoms with Gasteiger partial charge < -0.3 is 20.3 Å².